The molecule has 2 atom stereocenters. The van der Waals surface area contributed by atoms with Crippen LogP contribution < -0.4 is 11.3 Å². The zero-order chi connectivity index (χ0) is 14.3. The van der Waals surface area contributed by atoms with Crippen molar-refractivity contribution in [2.75, 3.05) is 0 Å². The second-order valence-electron chi connectivity index (χ2n) is 5.95. The van der Waals surface area contributed by atoms with Crippen molar-refractivity contribution in [2.24, 2.45) is 5.84 Å². The molecule has 0 saturated carbocycles. The molecular weight excluding hydrogens is 244 g/mol. The van der Waals surface area contributed by atoms with Gasteiger partial charge in [-0.2, -0.15) is 0 Å². The summed E-state index contributed by atoms with van der Waals surface area (Å²) in [5.41, 5.74) is 11.3. The van der Waals surface area contributed by atoms with Crippen molar-refractivity contribution in [3.05, 3.63) is 69.8 Å². The van der Waals surface area contributed by atoms with Gasteiger partial charge in [0.2, 0.25) is 0 Å². The van der Waals surface area contributed by atoms with E-state index in [9.17, 15) is 0 Å². The Balaban J connectivity index is 1.98. The SMILES string of the molecule is Cc1cc(C)c(C(NN)C2Cc3ccccc32)cc1C. The lowest BCUT2D eigenvalue weighted by Crippen LogP contribution is -2.37. The first-order valence-corrected chi connectivity index (χ1v) is 7.23. The van der Waals surface area contributed by atoms with Gasteiger partial charge in [-0.05, 0) is 60.6 Å². The van der Waals surface area contributed by atoms with Crippen molar-refractivity contribution in [3.63, 3.8) is 0 Å². The average molecular weight is 266 g/mol. The molecule has 0 bridgehead atoms. The highest BCUT2D eigenvalue weighted by Gasteiger charge is 2.33. The van der Waals surface area contributed by atoms with Crippen LogP contribution in [0.2, 0.25) is 0 Å². The second-order valence-corrected chi connectivity index (χ2v) is 5.95. The summed E-state index contributed by atoms with van der Waals surface area (Å²) in [4.78, 5) is 0. The zero-order valence-electron chi connectivity index (χ0n) is 12.4. The van der Waals surface area contributed by atoms with Gasteiger partial charge >= 0.3 is 0 Å². The molecule has 0 radical (unpaired) electrons. The summed E-state index contributed by atoms with van der Waals surface area (Å²) >= 11 is 0. The van der Waals surface area contributed by atoms with Gasteiger partial charge in [-0.1, -0.05) is 36.4 Å². The Morgan fingerprint density at radius 1 is 1.05 bits per heavy atom. The molecule has 3 rings (SSSR count). The molecule has 1 aliphatic rings. The minimum atomic E-state index is 0.198. The Kier molecular flexibility index (Phi) is 3.36. The van der Waals surface area contributed by atoms with Gasteiger partial charge in [-0.15, -0.1) is 0 Å². The van der Waals surface area contributed by atoms with E-state index in [-0.39, 0.29) is 6.04 Å². The molecule has 0 aromatic heterocycles. The van der Waals surface area contributed by atoms with Crippen molar-refractivity contribution in [3.8, 4) is 0 Å². The molecule has 2 unspecified atom stereocenters. The van der Waals surface area contributed by atoms with Crippen LogP contribution in [-0.4, -0.2) is 0 Å². The molecule has 0 amide bonds. The number of nitrogens with two attached hydrogens (primary N) is 1. The van der Waals surface area contributed by atoms with Gasteiger partial charge in [0.15, 0.2) is 0 Å². The fraction of sp³-hybridized carbons (Fsp3) is 0.333. The minimum absolute atomic E-state index is 0.198. The van der Waals surface area contributed by atoms with Gasteiger partial charge in [0.1, 0.15) is 0 Å². The first-order chi connectivity index (χ1) is 9.61. The molecule has 2 aromatic rings. The van der Waals surface area contributed by atoms with Gasteiger partial charge in [0.25, 0.3) is 0 Å². The molecule has 0 spiro atoms. The monoisotopic (exact) mass is 266 g/mol. The first kappa shape index (κ1) is 13.3. The molecular formula is C18H22N2. The first-order valence-electron chi connectivity index (χ1n) is 7.23. The number of rotatable bonds is 3. The summed E-state index contributed by atoms with van der Waals surface area (Å²) in [6, 6.07) is 13.4. The van der Waals surface area contributed by atoms with Gasteiger partial charge in [0, 0.05) is 5.92 Å². The Bertz CT molecular complexity index is 646. The zero-order valence-corrected chi connectivity index (χ0v) is 12.4. The molecule has 0 fully saturated rings. The number of nitrogens with one attached hydrogen (secondary N) is 1. The van der Waals surface area contributed by atoms with Crippen LogP contribution in [0.1, 0.15) is 45.3 Å². The molecule has 1 aliphatic carbocycles. The third-order valence-electron chi connectivity index (χ3n) is 4.69. The van der Waals surface area contributed by atoms with Crippen LogP contribution in [0.25, 0.3) is 0 Å². The van der Waals surface area contributed by atoms with E-state index in [1.807, 2.05) is 0 Å². The standard InChI is InChI=1S/C18H22N2/c1-11-8-13(3)16(9-12(11)2)18(20-19)17-10-14-6-4-5-7-15(14)17/h4-9,17-18,20H,10,19H2,1-3H3. The largest absolute Gasteiger partial charge is 0.271 e. The molecule has 104 valence electrons. The number of hydrogen-bond donors (Lipinski definition) is 2. The molecule has 2 aromatic carbocycles. The van der Waals surface area contributed by atoms with Crippen LogP contribution in [0, 0.1) is 20.8 Å². The average Bonchev–Trinajstić information content (AvgIpc) is 2.41. The van der Waals surface area contributed by atoms with E-state index in [1.165, 1.54) is 33.4 Å². The van der Waals surface area contributed by atoms with Gasteiger partial charge in [0.05, 0.1) is 6.04 Å². The van der Waals surface area contributed by atoms with E-state index in [4.69, 9.17) is 5.84 Å². The summed E-state index contributed by atoms with van der Waals surface area (Å²) in [7, 11) is 0. The topological polar surface area (TPSA) is 38.0 Å². The minimum Gasteiger partial charge on any atom is -0.271 e. The molecule has 2 heteroatoms. The van der Waals surface area contributed by atoms with Gasteiger partial charge in [-0.25, -0.2) is 0 Å². The van der Waals surface area contributed by atoms with Crippen LogP contribution in [-0.2, 0) is 6.42 Å². The summed E-state index contributed by atoms with van der Waals surface area (Å²) in [6.45, 7) is 6.51. The highest BCUT2D eigenvalue weighted by atomic mass is 15.2. The van der Waals surface area contributed by atoms with Crippen LogP contribution in [0.3, 0.4) is 0 Å². The maximum Gasteiger partial charge on any atom is 0.0534 e. The summed E-state index contributed by atoms with van der Waals surface area (Å²) < 4.78 is 0. The number of hydrazine groups is 1. The molecule has 0 aliphatic heterocycles. The normalized spacial score (nSPS) is 18.3. The number of hydrogen-bond acceptors (Lipinski definition) is 2. The third kappa shape index (κ3) is 2.05. The Hall–Kier alpha value is -1.64. The molecule has 20 heavy (non-hydrogen) atoms. The Labute approximate surface area is 121 Å². The van der Waals surface area contributed by atoms with Crippen LogP contribution >= 0.6 is 0 Å². The van der Waals surface area contributed by atoms with Crippen molar-refractivity contribution in [1.82, 2.24) is 5.43 Å². The lowest BCUT2D eigenvalue weighted by Gasteiger charge is -2.37. The predicted octanol–water partition coefficient (Wildman–Crippen LogP) is 3.46. The fourth-order valence-electron chi connectivity index (χ4n) is 3.34. The summed E-state index contributed by atoms with van der Waals surface area (Å²) in [5.74, 6) is 6.36. The Morgan fingerprint density at radius 3 is 2.45 bits per heavy atom. The van der Waals surface area contributed by atoms with Crippen LogP contribution in [0.4, 0.5) is 0 Å². The van der Waals surface area contributed by atoms with Crippen molar-refractivity contribution in [2.45, 2.75) is 39.2 Å². The lowest BCUT2D eigenvalue weighted by molar-refractivity contribution is 0.417. The van der Waals surface area contributed by atoms with E-state index in [0.717, 1.165) is 6.42 Å². The third-order valence-corrected chi connectivity index (χ3v) is 4.69. The number of aryl methyl sites for hydroxylation is 3. The smallest absolute Gasteiger partial charge is 0.0534 e. The summed E-state index contributed by atoms with van der Waals surface area (Å²) in [5, 5.41) is 0. The van der Waals surface area contributed by atoms with Crippen LogP contribution in [0.15, 0.2) is 36.4 Å². The molecule has 2 nitrogen and oxygen atoms in total. The summed E-state index contributed by atoms with van der Waals surface area (Å²) in [6.07, 6.45) is 1.11. The lowest BCUT2D eigenvalue weighted by atomic mass is 9.71. The highest BCUT2D eigenvalue weighted by Crippen LogP contribution is 2.44. The van der Waals surface area contributed by atoms with Gasteiger partial charge < -0.3 is 0 Å². The fourth-order valence-corrected chi connectivity index (χ4v) is 3.34. The highest BCUT2D eigenvalue weighted by molar-refractivity contribution is 5.46. The second kappa shape index (κ2) is 5.04. The predicted molar refractivity (Wildman–Crippen MR) is 83.6 cm³/mol. The molecule has 0 heterocycles. The maximum atomic E-state index is 5.88. The number of fused-ring (bicyclic) bond motifs is 1. The van der Waals surface area contributed by atoms with Crippen LogP contribution in [0.5, 0.6) is 0 Å². The van der Waals surface area contributed by atoms with Crippen molar-refractivity contribution < 1.29 is 0 Å². The van der Waals surface area contributed by atoms with Gasteiger partial charge in [-0.3, -0.25) is 11.3 Å². The quantitative estimate of drug-likeness (QED) is 0.659. The van der Waals surface area contributed by atoms with E-state index >= 15 is 0 Å². The number of benzene rings is 2. The van der Waals surface area contributed by atoms with E-state index in [1.54, 1.807) is 0 Å². The van der Waals surface area contributed by atoms with E-state index in [2.05, 4.69) is 62.6 Å². The van der Waals surface area contributed by atoms with Crippen molar-refractivity contribution >= 4 is 0 Å². The Morgan fingerprint density at radius 2 is 1.75 bits per heavy atom. The van der Waals surface area contributed by atoms with Crippen molar-refractivity contribution in [1.29, 1.82) is 0 Å². The molecule has 0 saturated heterocycles. The van der Waals surface area contributed by atoms with E-state index in [0.29, 0.717) is 5.92 Å². The molecule has 3 N–H and O–H groups in total. The maximum absolute atomic E-state index is 5.88. The van der Waals surface area contributed by atoms with E-state index < -0.39 is 0 Å².